The van der Waals surface area contributed by atoms with Crippen molar-refractivity contribution in [1.29, 1.82) is 0 Å². The topological polar surface area (TPSA) is 52.6 Å². The van der Waals surface area contributed by atoms with E-state index in [1.807, 2.05) is 72.8 Å². The van der Waals surface area contributed by atoms with Crippen LogP contribution in [0.15, 0.2) is 116 Å². The minimum atomic E-state index is -0.540. The van der Waals surface area contributed by atoms with E-state index in [1.54, 1.807) is 48.6 Å². The number of hydrogen-bond donors (Lipinski definition) is 0. The van der Waals surface area contributed by atoms with Gasteiger partial charge in [0.15, 0.2) is 0 Å². The normalized spacial score (nSPS) is 11.1. The van der Waals surface area contributed by atoms with Crippen LogP contribution in [0.5, 0.6) is 11.5 Å². The van der Waals surface area contributed by atoms with Gasteiger partial charge in [-0.1, -0.05) is 110 Å². The highest BCUT2D eigenvalue weighted by Crippen LogP contribution is 2.20. The van der Waals surface area contributed by atoms with Crippen molar-refractivity contribution >= 4 is 48.4 Å². The van der Waals surface area contributed by atoms with Gasteiger partial charge in [0, 0.05) is 17.7 Å². The summed E-state index contributed by atoms with van der Waals surface area (Å²) >= 11 is 0. The van der Waals surface area contributed by atoms with Crippen molar-refractivity contribution in [3.05, 3.63) is 156 Å². The first-order valence-corrected chi connectivity index (χ1v) is 12.7. The summed E-state index contributed by atoms with van der Waals surface area (Å²) in [4.78, 5) is 22.8. The summed E-state index contributed by atoms with van der Waals surface area (Å²) < 4.78 is 25.0. The smallest absolute Gasteiger partial charge is 0.335 e. The molecule has 0 saturated carbocycles. The lowest BCUT2D eigenvalue weighted by atomic mass is 10.1. The first-order chi connectivity index (χ1) is 19.9. The molecular formula is C36H27FO4. The van der Waals surface area contributed by atoms with Crippen molar-refractivity contribution < 1.29 is 23.5 Å². The Morgan fingerprint density at radius 2 is 0.951 bits per heavy atom. The first-order valence-electron chi connectivity index (χ1n) is 12.7. The van der Waals surface area contributed by atoms with Gasteiger partial charge in [-0.15, -0.1) is 0 Å². The van der Waals surface area contributed by atoms with E-state index in [9.17, 15) is 14.0 Å². The molecule has 0 saturated heterocycles. The maximum absolute atomic E-state index is 14.8. The Kier molecular flexibility index (Phi) is 9.73. The third-order valence-electron chi connectivity index (χ3n) is 5.84. The molecule has 0 aliphatic rings. The van der Waals surface area contributed by atoms with Crippen molar-refractivity contribution in [1.82, 2.24) is 0 Å². The quantitative estimate of drug-likeness (QED) is 0.0872. The predicted molar refractivity (Wildman–Crippen MR) is 164 cm³/mol. The highest BCUT2D eigenvalue weighted by molar-refractivity contribution is 5.84. The zero-order chi connectivity index (χ0) is 29.0. The molecule has 4 aromatic rings. The number of ether oxygens (including phenoxy) is 2. The third kappa shape index (κ3) is 8.73. The monoisotopic (exact) mass is 542 g/mol. The Hall–Kier alpha value is -5.55. The van der Waals surface area contributed by atoms with Crippen LogP contribution in [0.4, 0.5) is 4.39 Å². The van der Waals surface area contributed by atoms with E-state index in [-0.39, 0.29) is 5.82 Å². The van der Waals surface area contributed by atoms with Gasteiger partial charge in [-0.2, -0.15) is 0 Å². The lowest BCUT2D eigenvalue weighted by Gasteiger charge is -2.03. The molecule has 0 unspecified atom stereocenters. The molecule has 0 heterocycles. The summed E-state index contributed by atoms with van der Waals surface area (Å²) in [6.07, 6.45) is 13.3. The zero-order valence-corrected chi connectivity index (χ0v) is 22.2. The molecule has 4 aromatic carbocycles. The molecule has 0 bridgehead atoms. The zero-order valence-electron chi connectivity index (χ0n) is 22.2. The largest absolute Gasteiger partial charge is 0.423 e. The average Bonchev–Trinajstić information content (AvgIpc) is 2.99. The van der Waals surface area contributed by atoms with Crippen LogP contribution < -0.4 is 9.47 Å². The van der Waals surface area contributed by atoms with Gasteiger partial charge < -0.3 is 9.47 Å². The van der Waals surface area contributed by atoms with E-state index in [4.69, 9.17) is 9.47 Å². The van der Waals surface area contributed by atoms with Crippen LogP contribution in [0.2, 0.25) is 0 Å². The van der Waals surface area contributed by atoms with Crippen molar-refractivity contribution in [2.24, 2.45) is 0 Å². The molecule has 0 spiro atoms. The second-order valence-electron chi connectivity index (χ2n) is 8.84. The van der Waals surface area contributed by atoms with E-state index in [2.05, 4.69) is 13.2 Å². The predicted octanol–water partition coefficient (Wildman–Crippen LogP) is 8.52. The number of esters is 2. The molecule has 4 nitrogen and oxygen atoms in total. The van der Waals surface area contributed by atoms with Crippen LogP contribution in [0.3, 0.4) is 0 Å². The SMILES string of the molecule is C=CC(=O)Oc1cccc(/C=C/c2ccc(/C=C/c3ccc(/C=C/c4cccc(OC(=O)C=C)c4)c(F)c3)cc2)c1. The molecule has 0 aliphatic carbocycles. The Morgan fingerprint density at radius 1 is 0.537 bits per heavy atom. The molecule has 41 heavy (non-hydrogen) atoms. The summed E-state index contributed by atoms with van der Waals surface area (Å²) in [6, 6.07) is 27.1. The summed E-state index contributed by atoms with van der Waals surface area (Å²) in [5, 5.41) is 0. The van der Waals surface area contributed by atoms with Gasteiger partial charge >= 0.3 is 11.9 Å². The highest BCUT2D eigenvalue weighted by Gasteiger charge is 2.03. The number of carbonyl (C=O) groups excluding carboxylic acids is 2. The lowest BCUT2D eigenvalue weighted by Crippen LogP contribution is -2.02. The van der Waals surface area contributed by atoms with Gasteiger partial charge in [0.1, 0.15) is 17.3 Å². The van der Waals surface area contributed by atoms with Crippen molar-refractivity contribution in [3.8, 4) is 11.5 Å². The average molecular weight is 543 g/mol. The lowest BCUT2D eigenvalue weighted by molar-refractivity contribution is -0.129. The van der Waals surface area contributed by atoms with Gasteiger partial charge in [0.25, 0.3) is 0 Å². The Balaban J connectivity index is 1.37. The van der Waals surface area contributed by atoms with E-state index in [1.165, 1.54) is 6.07 Å². The molecule has 0 fully saturated rings. The fourth-order valence-corrected chi connectivity index (χ4v) is 3.75. The van der Waals surface area contributed by atoms with E-state index >= 15 is 0 Å². The minimum absolute atomic E-state index is 0.346. The molecular weight excluding hydrogens is 515 g/mol. The maximum Gasteiger partial charge on any atom is 0.335 e. The molecule has 4 rings (SSSR count). The number of rotatable bonds is 10. The van der Waals surface area contributed by atoms with Gasteiger partial charge in [-0.3, -0.25) is 0 Å². The summed E-state index contributed by atoms with van der Waals surface area (Å²) in [6.45, 7) is 6.78. The van der Waals surface area contributed by atoms with Crippen LogP contribution in [0.1, 0.15) is 33.4 Å². The number of carbonyl (C=O) groups is 2. The summed E-state index contributed by atoms with van der Waals surface area (Å²) in [5.74, 6) is -0.543. The van der Waals surface area contributed by atoms with Crippen LogP contribution in [-0.4, -0.2) is 11.9 Å². The molecule has 202 valence electrons. The minimum Gasteiger partial charge on any atom is -0.423 e. The summed E-state index contributed by atoms with van der Waals surface area (Å²) in [7, 11) is 0. The van der Waals surface area contributed by atoms with Crippen LogP contribution in [0, 0.1) is 5.82 Å². The van der Waals surface area contributed by atoms with Gasteiger partial charge in [-0.25, -0.2) is 14.0 Å². The number of hydrogen-bond acceptors (Lipinski definition) is 4. The van der Waals surface area contributed by atoms with Crippen molar-refractivity contribution in [2.45, 2.75) is 0 Å². The molecule has 5 heteroatoms. The fraction of sp³-hybridized carbons (Fsp3) is 0. The van der Waals surface area contributed by atoms with Gasteiger partial charge in [0.2, 0.25) is 0 Å². The Bertz CT molecular complexity index is 1660. The highest BCUT2D eigenvalue weighted by atomic mass is 19.1. The first kappa shape index (κ1) is 28.5. The van der Waals surface area contributed by atoms with Crippen molar-refractivity contribution in [2.75, 3.05) is 0 Å². The Morgan fingerprint density at radius 3 is 1.41 bits per heavy atom. The van der Waals surface area contributed by atoms with Crippen molar-refractivity contribution in [3.63, 3.8) is 0 Å². The molecule has 0 aromatic heterocycles. The maximum atomic E-state index is 14.8. The molecule has 0 aliphatic heterocycles. The molecule has 0 radical (unpaired) electrons. The van der Waals surface area contributed by atoms with Crippen LogP contribution >= 0.6 is 0 Å². The van der Waals surface area contributed by atoms with Gasteiger partial charge in [0.05, 0.1) is 0 Å². The number of benzene rings is 4. The van der Waals surface area contributed by atoms with Gasteiger partial charge in [-0.05, 0) is 58.1 Å². The Labute approximate surface area is 238 Å². The van der Waals surface area contributed by atoms with E-state index < -0.39 is 11.9 Å². The van der Waals surface area contributed by atoms with Crippen LogP contribution in [-0.2, 0) is 9.59 Å². The standard InChI is InChI=1S/C36H27FO4/c1-3-35(38)40-32-9-5-7-28(23-32)17-15-26-11-13-27(14-12-26)16-18-30-20-22-31(34(37)25-30)21-19-29-8-6-10-33(24-29)41-36(39)4-2/h3-25H,1-2H2/b17-15+,18-16+,21-19+. The van der Waals surface area contributed by atoms with E-state index in [0.717, 1.165) is 40.0 Å². The second kappa shape index (κ2) is 14.0. The van der Waals surface area contributed by atoms with Crippen LogP contribution in [0.25, 0.3) is 36.5 Å². The molecule has 0 amide bonds. The van der Waals surface area contributed by atoms with E-state index in [0.29, 0.717) is 17.1 Å². The molecule has 0 atom stereocenters. The summed E-state index contributed by atoms with van der Waals surface area (Å²) in [5.41, 5.74) is 4.81. The second-order valence-corrected chi connectivity index (χ2v) is 8.84. The molecule has 0 N–H and O–H groups in total. The fourth-order valence-electron chi connectivity index (χ4n) is 3.75. The number of halogens is 1. The third-order valence-corrected chi connectivity index (χ3v) is 5.84.